The van der Waals surface area contributed by atoms with Gasteiger partial charge in [-0.25, -0.2) is 0 Å². The van der Waals surface area contributed by atoms with Gasteiger partial charge in [0.2, 0.25) is 5.91 Å². The van der Waals surface area contributed by atoms with Crippen molar-refractivity contribution in [1.29, 1.82) is 0 Å². The molecule has 3 nitrogen and oxygen atoms in total. The SMILES string of the molecule is CN(C(=O)[C@@H]1CCCN1)C1CCCCC1.Cl. The number of carbonyl (C=O) groups is 1. The molecule has 0 aromatic rings. The first-order chi connectivity index (χ1) is 7.29. The lowest BCUT2D eigenvalue weighted by Crippen LogP contribution is -2.46. The molecule has 1 heterocycles. The molecule has 1 aliphatic carbocycles. The van der Waals surface area contributed by atoms with Crippen molar-refractivity contribution in [2.75, 3.05) is 13.6 Å². The molecule has 4 heteroatoms. The summed E-state index contributed by atoms with van der Waals surface area (Å²) >= 11 is 0. The van der Waals surface area contributed by atoms with Gasteiger partial charge in [0.25, 0.3) is 0 Å². The van der Waals surface area contributed by atoms with Crippen molar-refractivity contribution in [1.82, 2.24) is 10.2 Å². The minimum absolute atomic E-state index is 0. The molecule has 2 rings (SSSR count). The molecule has 2 aliphatic rings. The predicted octanol–water partition coefficient (Wildman–Crippen LogP) is 1.95. The lowest BCUT2D eigenvalue weighted by Gasteiger charge is -2.32. The smallest absolute Gasteiger partial charge is 0.239 e. The van der Waals surface area contributed by atoms with Crippen molar-refractivity contribution in [3.63, 3.8) is 0 Å². The first-order valence-corrected chi connectivity index (χ1v) is 6.29. The second kappa shape index (κ2) is 6.45. The minimum Gasteiger partial charge on any atom is -0.341 e. The number of carbonyl (C=O) groups excluding carboxylic acids is 1. The number of amides is 1. The van der Waals surface area contributed by atoms with E-state index in [-0.39, 0.29) is 18.4 Å². The molecule has 0 bridgehead atoms. The third-order valence-corrected chi connectivity index (χ3v) is 3.83. The molecule has 0 spiro atoms. The van der Waals surface area contributed by atoms with Gasteiger partial charge in [-0.3, -0.25) is 4.79 Å². The van der Waals surface area contributed by atoms with Gasteiger partial charge in [0.05, 0.1) is 6.04 Å². The van der Waals surface area contributed by atoms with Gasteiger partial charge in [0, 0.05) is 13.1 Å². The topological polar surface area (TPSA) is 32.3 Å². The van der Waals surface area contributed by atoms with Crippen molar-refractivity contribution >= 4 is 18.3 Å². The summed E-state index contributed by atoms with van der Waals surface area (Å²) in [6.07, 6.45) is 8.51. The third kappa shape index (κ3) is 3.11. The highest BCUT2D eigenvalue weighted by atomic mass is 35.5. The Morgan fingerprint density at radius 3 is 2.38 bits per heavy atom. The van der Waals surface area contributed by atoms with E-state index in [1.807, 2.05) is 11.9 Å². The van der Waals surface area contributed by atoms with Gasteiger partial charge < -0.3 is 10.2 Å². The molecule has 1 saturated carbocycles. The molecule has 1 aliphatic heterocycles. The molecule has 16 heavy (non-hydrogen) atoms. The van der Waals surface area contributed by atoms with Crippen LogP contribution in [0.5, 0.6) is 0 Å². The Bertz CT molecular complexity index is 223. The van der Waals surface area contributed by atoms with Crippen LogP contribution in [-0.4, -0.2) is 36.5 Å². The average Bonchev–Trinajstić information content (AvgIpc) is 2.82. The highest BCUT2D eigenvalue weighted by Gasteiger charge is 2.29. The van der Waals surface area contributed by atoms with Crippen LogP contribution >= 0.6 is 12.4 Å². The van der Waals surface area contributed by atoms with Gasteiger partial charge in [-0.2, -0.15) is 0 Å². The molecule has 1 atom stereocenters. The van der Waals surface area contributed by atoms with Crippen LogP contribution in [0.3, 0.4) is 0 Å². The van der Waals surface area contributed by atoms with E-state index in [1.54, 1.807) is 0 Å². The van der Waals surface area contributed by atoms with E-state index in [0.717, 1.165) is 19.4 Å². The summed E-state index contributed by atoms with van der Waals surface area (Å²) in [5, 5.41) is 3.29. The van der Waals surface area contributed by atoms with Crippen molar-refractivity contribution < 1.29 is 4.79 Å². The van der Waals surface area contributed by atoms with Crippen LogP contribution in [0.1, 0.15) is 44.9 Å². The van der Waals surface area contributed by atoms with Gasteiger partial charge in [0.15, 0.2) is 0 Å². The number of halogens is 1. The zero-order valence-electron chi connectivity index (χ0n) is 10.1. The lowest BCUT2D eigenvalue weighted by molar-refractivity contribution is -0.134. The zero-order valence-corrected chi connectivity index (χ0v) is 10.9. The van der Waals surface area contributed by atoms with E-state index in [2.05, 4.69) is 5.32 Å². The van der Waals surface area contributed by atoms with Crippen LogP contribution in [0.4, 0.5) is 0 Å². The molecule has 0 radical (unpaired) electrons. The molecule has 0 aromatic heterocycles. The zero-order chi connectivity index (χ0) is 10.7. The molecule has 0 unspecified atom stereocenters. The summed E-state index contributed by atoms with van der Waals surface area (Å²) in [5.41, 5.74) is 0. The third-order valence-electron chi connectivity index (χ3n) is 3.83. The first kappa shape index (κ1) is 13.8. The Kier molecular flexibility index (Phi) is 5.56. The van der Waals surface area contributed by atoms with Crippen LogP contribution in [0, 0.1) is 0 Å². The molecular formula is C12H23ClN2O. The maximum absolute atomic E-state index is 12.1. The number of nitrogens with zero attached hydrogens (tertiary/aromatic N) is 1. The second-order valence-electron chi connectivity index (χ2n) is 4.89. The molecule has 0 aromatic carbocycles. The average molecular weight is 247 g/mol. The Balaban J connectivity index is 0.00000128. The van der Waals surface area contributed by atoms with Crippen LogP contribution in [0.2, 0.25) is 0 Å². The van der Waals surface area contributed by atoms with E-state index >= 15 is 0 Å². The second-order valence-corrected chi connectivity index (χ2v) is 4.89. The normalized spacial score (nSPS) is 26.2. The number of hydrogen-bond donors (Lipinski definition) is 1. The van der Waals surface area contributed by atoms with Crippen LogP contribution in [0.15, 0.2) is 0 Å². The van der Waals surface area contributed by atoms with E-state index in [4.69, 9.17) is 0 Å². The van der Waals surface area contributed by atoms with Crippen molar-refractivity contribution in [2.45, 2.75) is 57.0 Å². The van der Waals surface area contributed by atoms with Crippen molar-refractivity contribution in [3.8, 4) is 0 Å². The number of nitrogens with one attached hydrogen (secondary N) is 1. The summed E-state index contributed by atoms with van der Waals surface area (Å²) in [6, 6.07) is 0.616. The summed E-state index contributed by atoms with van der Waals surface area (Å²) in [5.74, 6) is 0.319. The van der Waals surface area contributed by atoms with Gasteiger partial charge in [0.1, 0.15) is 0 Å². The summed E-state index contributed by atoms with van der Waals surface area (Å²) in [6.45, 7) is 1.01. The van der Waals surface area contributed by atoms with Crippen LogP contribution < -0.4 is 5.32 Å². The maximum atomic E-state index is 12.1. The van der Waals surface area contributed by atoms with Crippen LogP contribution in [0.25, 0.3) is 0 Å². The highest BCUT2D eigenvalue weighted by molar-refractivity contribution is 5.85. The Morgan fingerprint density at radius 2 is 1.81 bits per heavy atom. The van der Waals surface area contributed by atoms with Gasteiger partial charge in [-0.15, -0.1) is 12.4 Å². The molecule has 1 N–H and O–H groups in total. The number of likely N-dealkylation sites (N-methyl/N-ethyl adjacent to an activating group) is 1. The Hall–Kier alpha value is -0.280. The molecule has 1 saturated heterocycles. The maximum Gasteiger partial charge on any atom is 0.239 e. The Morgan fingerprint density at radius 1 is 1.12 bits per heavy atom. The lowest BCUT2D eigenvalue weighted by atomic mass is 9.94. The molecule has 2 fully saturated rings. The fourth-order valence-electron chi connectivity index (χ4n) is 2.79. The minimum atomic E-state index is 0. The van der Waals surface area contributed by atoms with E-state index in [1.165, 1.54) is 32.1 Å². The first-order valence-electron chi connectivity index (χ1n) is 6.29. The van der Waals surface area contributed by atoms with E-state index < -0.39 is 0 Å². The summed E-state index contributed by atoms with van der Waals surface area (Å²) < 4.78 is 0. The van der Waals surface area contributed by atoms with Crippen LogP contribution in [-0.2, 0) is 4.79 Å². The monoisotopic (exact) mass is 246 g/mol. The predicted molar refractivity (Wildman–Crippen MR) is 67.9 cm³/mol. The number of hydrogen-bond acceptors (Lipinski definition) is 2. The number of rotatable bonds is 2. The van der Waals surface area contributed by atoms with Crippen molar-refractivity contribution in [2.24, 2.45) is 0 Å². The largest absolute Gasteiger partial charge is 0.341 e. The summed E-state index contributed by atoms with van der Waals surface area (Å²) in [7, 11) is 1.98. The summed E-state index contributed by atoms with van der Waals surface area (Å²) in [4.78, 5) is 14.1. The van der Waals surface area contributed by atoms with Gasteiger partial charge in [-0.1, -0.05) is 19.3 Å². The Labute approximate surface area is 104 Å². The molecule has 94 valence electrons. The molecule has 1 amide bonds. The van der Waals surface area contributed by atoms with Crippen molar-refractivity contribution in [3.05, 3.63) is 0 Å². The van der Waals surface area contributed by atoms with E-state index in [0.29, 0.717) is 11.9 Å². The fraction of sp³-hybridized carbons (Fsp3) is 0.917. The molecular weight excluding hydrogens is 224 g/mol. The fourth-order valence-corrected chi connectivity index (χ4v) is 2.79. The highest BCUT2D eigenvalue weighted by Crippen LogP contribution is 2.22. The quantitative estimate of drug-likeness (QED) is 0.808. The standard InChI is InChI=1S/C12H22N2O.ClH/c1-14(10-6-3-2-4-7-10)12(15)11-8-5-9-13-11;/h10-11,13H,2-9H2,1H3;1H/t11-;/m0./s1. The van der Waals surface area contributed by atoms with E-state index in [9.17, 15) is 4.79 Å². The van der Waals surface area contributed by atoms with Gasteiger partial charge in [-0.05, 0) is 32.2 Å². The van der Waals surface area contributed by atoms with Gasteiger partial charge >= 0.3 is 0 Å².